The van der Waals surface area contributed by atoms with Crippen molar-refractivity contribution in [1.82, 2.24) is 0 Å². The van der Waals surface area contributed by atoms with Crippen LogP contribution in [0.5, 0.6) is 0 Å². The zero-order chi connectivity index (χ0) is 17.6. The molecule has 0 amide bonds. The first kappa shape index (κ1) is 21.4. The zero-order valence-corrected chi connectivity index (χ0v) is 16.7. The van der Waals surface area contributed by atoms with Crippen LogP contribution >= 0.6 is 0 Å². The standard InChI is InChI=1S/C16H35N3O2Si/c1-13(9-10-14(18-19-17)16(5,6)20)11-12-21-22(7,8)15(2,3)4/h13-14,20H,9-12H2,1-8H3. The van der Waals surface area contributed by atoms with Gasteiger partial charge in [-0.2, -0.15) is 0 Å². The summed E-state index contributed by atoms with van der Waals surface area (Å²) in [7, 11) is -1.67. The molecule has 2 atom stereocenters. The molecule has 0 saturated heterocycles. The van der Waals surface area contributed by atoms with Gasteiger partial charge in [-0.25, -0.2) is 0 Å². The van der Waals surface area contributed by atoms with Gasteiger partial charge in [0.05, 0.1) is 11.6 Å². The average Bonchev–Trinajstić information content (AvgIpc) is 2.31. The Morgan fingerprint density at radius 1 is 1.14 bits per heavy atom. The molecule has 22 heavy (non-hydrogen) atoms. The van der Waals surface area contributed by atoms with Gasteiger partial charge in [0, 0.05) is 11.5 Å². The van der Waals surface area contributed by atoms with Gasteiger partial charge in [-0.15, -0.1) is 0 Å². The Balaban J connectivity index is 4.25. The summed E-state index contributed by atoms with van der Waals surface area (Å²) in [4.78, 5) is 2.85. The fourth-order valence-corrected chi connectivity index (χ4v) is 2.99. The van der Waals surface area contributed by atoms with Crippen LogP contribution in [-0.2, 0) is 4.43 Å². The molecule has 0 aliphatic carbocycles. The lowest BCUT2D eigenvalue weighted by Gasteiger charge is -2.36. The van der Waals surface area contributed by atoms with E-state index in [1.165, 1.54) is 0 Å². The molecule has 0 aliphatic rings. The van der Waals surface area contributed by atoms with E-state index in [1.807, 2.05) is 0 Å². The second-order valence-electron chi connectivity index (χ2n) is 8.45. The van der Waals surface area contributed by atoms with Crippen LogP contribution in [0.1, 0.15) is 60.8 Å². The van der Waals surface area contributed by atoms with Gasteiger partial charge < -0.3 is 9.53 Å². The largest absolute Gasteiger partial charge is 0.417 e. The molecule has 0 saturated carbocycles. The molecule has 6 heteroatoms. The van der Waals surface area contributed by atoms with Gasteiger partial charge in [-0.1, -0.05) is 39.2 Å². The first-order valence-corrected chi connectivity index (χ1v) is 11.1. The van der Waals surface area contributed by atoms with Crippen LogP contribution in [-0.4, -0.2) is 31.7 Å². The third-order valence-corrected chi connectivity index (χ3v) is 9.36. The van der Waals surface area contributed by atoms with Crippen LogP contribution < -0.4 is 0 Å². The summed E-state index contributed by atoms with van der Waals surface area (Å²) in [6.07, 6.45) is 2.63. The maximum atomic E-state index is 10.0. The zero-order valence-electron chi connectivity index (χ0n) is 15.7. The molecule has 0 heterocycles. The van der Waals surface area contributed by atoms with Crippen molar-refractivity contribution in [2.75, 3.05) is 6.61 Å². The van der Waals surface area contributed by atoms with E-state index in [0.717, 1.165) is 19.4 Å². The molecule has 0 bridgehead atoms. The molecular formula is C16H35N3O2Si. The third-order valence-electron chi connectivity index (χ3n) is 4.82. The summed E-state index contributed by atoms with van der Waals surface area (Å²) < 4.78 is 6.19. The van der Waals surface area contributed by atoms with Crippen LogP contribution in [0, 0.1) is 5.92 Å². The Labute approximate surface area is 137 Å². The predicted molar refractivity (Wildman–Crippen MR) is 95.4 cm³/mol. The van der Waals surface area contributed by atoms with Gasteiger partial charge >= 0.3 is 0 Å². The molecule has 0 aromatic carbocycles. The molecule has 1 N–H and O–H groups in total. The lowest BCUT2D eigenvalue weighted by atomic mass is 9.91. The Morgan fingerprint density at radius 3 is 2.09 bits per heavy atom. The van der Waals surface area contributed by atoms with Crippen LogP contribution in [0.3, 0.4) is 0 Å². The molecule has 0 aromatic heterocycles. The van der Waals surface area contributed by atoms with E-state index in [0.29, 0.717) is 12.3 Å². The summed E-state index contributed by atoms with van der Waals surface area (Å²) in [5.74, 6) is 0.489. The number of rotatable bonds is 9. The van der Waals surface area contributed by atoms with Crippen molar-refractivity contribution in [3.63, 3.8) is 0 Å². The minimum absolute atomic E-state index is 0.240. The van der Waals surface area contributed by atoms with E-state index in [9.17, 15) is 5.11 Å². The Bertz CT molecular complexity index is 380. The summed E-state index contributed by atoms with van der Waals surface area (Å²) in [5, 5.41) is 14.0. The van der Waals surface area contributed by atoms with Gasteiger partial charge in [0.25, 0.3) is 0 Å². The Kier molecular flexibility index (Phi) is 8.13. The maximum Gasteiger partial charge on any atom is 0.191 e. The predicted octanol–water partition coefficient (Wildman–Crippen LogP) is 5.26. The maximum absolute atomic E-state index is 10.0. The smallest absolute Gasteiger partial charge is 0.191 e. The van der Waals surface area contributed by atoms with E-state index in [1.54, 1.807) is 13.8 Å². The monoisotopic (exact) mass is 329 g/mol. The normalized spacial score (nSPS) is 16.0. The van der Waals surface area contributed by atoms with Crippen LogP contribution in [0.25, 0.3) is 10.4 Å². The Hall–Kier alpha value is -0.553. The summed E-state index contributed by atoms with van der Waals surface area (Å²) in [5.41, 5.74) is 7.64. The summed E-state index contributed by atoms with van der Waals surface area (Å²) in [6, 6.07) is -0.374. The van der Waals surface area contributed by atoms with Crippen LogP contribution in [0.4, 0.5) is 0 Å². The van der Waals surface area contributed by atoms with Crippen molar-refractivity contribution >= 4 is 8.32 Å². The number of azide groups is 1. The highest BCUT2D eigenvalue weighted by molar-refractivity contribution is 6.74. The third kappa shape index (κ3) is 7.63. The van der Waals surface area contributed by atoms with Crippen molar-refractivity contribution < 1.29 is 9.53 Å². The quantitative estimate of drug-likeness (QED) is 0.271. The van der Waals surface area contributed by atoms with Crippen molar-refractivity contribution in [2.24, 2.45) is 11.0 Å². The lowest BCUT2D eigenvalue weighted by molar-refractivity contribution is 0.0469. The topological polar surface area (TPSA) is 78.2 Å². The number of hydrogen-bond donors (Lipinski definition) is 1. The van der Waals surface area contributed by atoms with Gasteiger partial charge in [0.15, 0.2) is 8.32 Å². The van der Waals surface area contributed by atoms with Gasteiger partial charge in [0.2, 0.25) is 0 Å². The first-order chi connectivity index (χ1) is 9.81. The van der Waals surface area contributed by atoms with Crippen LogP contribution in [0.2, 0.25) is 18.1 Å². The number of aliphatic hydroxyl groups is 1. The van der Waals surface area contributed by atoms with Gasteiger partial charge in [0.1, 0.15) is 0 Å². The minimum Gasteiger partial charge on any atom is -0.417 e. The molecule has 0 aliphatic heterocycles. The summed E-state index contributed by atoms with van der Waals surface area (Å²) >= 11 is 0. The summed E-state index contributed by atoms with van der Waals surface area (Å²) in [6.45, 7) is 17.6. The van der Waals surface area contributed by atoms with E-state index in [2.05, 4.69) is 50.8 Å². The SMILES string of the molecule is CC(CCO[Si](C)(C)C(C)(C)C)CCC(N=[N+]=[N-])C(C)(C)O. The molecule has 5 nitrogen and oxygen atoms in total. The molecule has 0 radical (unpaired) electrons. The lowest BCUT2D eigenvalue weighted by Crippen LogP contribution is -2.41. The van der Waals surface area contributed by atoms with E-state index < -0.39 is 13.9 Å². The molecule has 0 aromatic rings. The molecule has 0 fully saturated rings. The molecule has 2 unspecified atom stereocenters. The fraction of sp³-hybridized carbons (Fsp3) is 1.00. The highest BCUT2D eigenvalue weighted by atomic mass is 28.4. The van der Waals surface area contributed by atoms with E-state index in [4.69, 9.17) is 9.96 Å². The second-order valence-corrected chi connectivity index (χ2v) is 13.3. The van der Waals surface area contributed by atoms with Crippen molar-refractivity contribution in [3.05, 3.63) is 10.4 Å². The van der Waals surface area contributed by atoms with E-state index >= 15 is 0 Å². The number of nitrogens with zero attached hydrogens (tertiary/aromatic N) is 3. The second kappa shape index (κ2) is 8.34. The Morgan fingerprint density at radius 2 is 1.68 bits per heavy atom. The fourth-order valence-electron chi connectivity index (χ4n) is 1.93. The van der Waals surface area contributed by atoms with Crippen molar-refractivity contribution in [3.8, 4) is 0 Å². The van der Waals surface area contributed by atoms with Gasteiger partial charge in [-0.3, -0.25) is 0 Å². The highest BCUT2D eigenvalue weighted by Crippen LogP contribution is 2.36. The highest BCUT2D eigenvalue weighted by Gasteiger charge is 2.37. The first-order valence-electron chi connectivity index (χ1n) is 8.22. The van der Waals surface area contributed by atoms with Crippen molar-refractivity contribution in [1.29, 1.82) is 0 Å². The van der Waals surface area contributed by atoms with Crippen molar-refractivity contribution in [2.45, 2.75) is 90.6 Å². The van der Waals surface area contributed by atoms with Gasteiger partial charge in [-0.05, 0) is 56.3 Å². The van der Waals surface area contributed by atoms with E-state index in [-0.39, 0.29) is 11.1 Å². The molecule has 0 rings (SSSR count). The van der Waals surface area contributed by atoms with Crippen LogP contribution in [0.15, 0.2) is 5.11 Å². The minimum atomic E-state index is -1.67. The molecular weight excluding hydrogens is 294 g/mol. The average molecular weight is 330 g/mol. The molecule has 0 spiro atoms. The number of hydrogen-bond acceptors (Lipinski definition) is 3. The molecule has 130 valence electrons.